The highest BCUT2D eigenvalue weighted by atomic mass is 19.3. The van der Waals surface area contributed by atoms with Crippen molar-refractivity contribution in [3.8, 4) is 22.8 Å². The van der Waals surface area contributed by atoms with E-state index in [1.165, 1.54) is 12.1 Å². The Morgan fingerprint density at radius 2 is 2.04 bits per heavy atom. The van der Waals surface area contributed by atoms with Crippen molar-refractivity contribution in [3.05, 3.63) is 77.0 Å². The van der Waals surface area contributed by atoms with Gasteiger partial charge in [-0.25, -0.2) is 18.0 Å². The highest BCUT2D eigenvalue weighted by Crippen LogP contribution is 2.50. The van der Waals surface area contributed by atoms with Crippen LogP contribution in [0, 0.1) is 12.4 Å². The van der Waals surface area contributed by atoms with E-state index < -0.39 is 24.3 Å². The van der Waals surface area contributed by atoms with E-state index in [1.807, 2.05) is 0 Å². The van der Waals surface area contributed by atoms with Crippen molar-refractivity contribution < 1.29 is 23.0 Å². The molecule has 1 atom stereocenters. The molecule has 0 aliphatic heterocycles. The van der Waals surface area contributed by atoms with E-state index in [2.05, 4.69) is 4.85 Å². The van der Waals surface area contributed by atoms with Crippen LogP contribution in [-0.4, -0.2) is 15.6 Å². The molecular weight excluding hydrogens is 369 g/mol. The van der Waals surface area contributed by atoms with E-state index in [-0.39, 0.29) is 28.3 Å². The first-order valence-corrected chi connectivity index (χ1v) is 8.49. The van der Waals surface area contributed by atoms with Crippen LogP contribution < -0.4 is 4.74 Å². The fourth-order valence-corrected chi connectivity index (χ4v) is 3.54. The smallest absolute Gasteiger partial charge is 0.281 e. The molecule has 1 aliphatic carbocycles. The molecule has 1 unspecified atom stereocenters. The van der Waals surface area contributed by atoms with E-state index in [1.54, 1.807) is 36.0 Å². The third-order valence-corrected chi connectivity index (χ3v) is 4.83. The zero-order valence-corrected chi connectivity index (χ0v) is 14.8. The van der Waals surface area contributed by atoms with Crippen molar-refractivity contribution in [2.45, 2.75) is 18.4 Å². The fraction of sp³-hybridized carbons (Fsp3) is 0.190. The second-order valence-corrected chi connectivity index (χ2v) is 6.71. The van der Waals surface area contributed by atoms with Gasteiger partial charge in [-0.3, -0.25) is 0 Å². The van der Waals surface area contributed by atoms with Crippen LogP contribution in [0.1, 0.15) is 17.2 Å². The maximum Gasteiger partial charge on any atom is 0.281 e. The molecule has 0 fully saturated rings. The highest BCUT2D eigenvalue weighted by molar-refractivity contribution is 5.71. The monoisotopic (exact) mass is 384 g/mol. The van der Waals surface area contributed by atoms with Crippen molar-refractivity contribution in [1.82, 2.24) is 4.57 Å². The maximum atomic E-state index is 14.3. The summed E-state index contributed by atoms with van der Waals surface area (Å²) in [5.74, 6) is -3.87. The number of nitrogens with zero attached hydrogens (tertiary/aromatic N) is 2. The Hall–Kier alpha value is -3.24. The van der Waals surface area contributed by atoms with Gasteiger partial charge in [-0.1, -0.05) is 0 Å². The molecule has 3 aromatic rings. The lowest BCUT2D eigenvalue weighted by Gasteiger charge is -2.17. The van der Waals surface area contributed by atoms with Gasteiger partial charge in [-0.15, -0.1) is 0 Å². The number of hydrogen-bond donors (Lipinski definition) is 1. The van der Waals surface area contributed by atoms with Crippen LogP contribution >= 0.6 is 0 Å². The summed E-state index contributed by atoms with van der Waals surface area (Å²) in [6.07, 6.45) is -0.881. The molecule has 7 heteroatoms. The molecule has 4 rings (SSSR count). The predicted molar refractivity (Wildman–Crippen MR) is 97.2 cm³/mol. The summed E-state index contributed by atoms with van der Waals surface area (Å²) in [7, 11) is 1.78. The Bertz CT molecular complexity index is 1120. The molecule has 0 radical (unpaired) electrons. The molecule has 0 saturated carbocycles. The largest absolute Gasteiger partial charge is 0.458 e. The third-order valence-electron chi connectivity index (χ3n) is 4.83. The van der Waals surface area contributed by atoms with Gasteiger partial charge in [0.15, 0.2) is 5.69 Å². The van der Waals surface area contributed by atoms with Crippen LogP contribution in [0.3, 0.4) is 0 Å². The number of rotatable bonds is 3. The molecular formula is C21H15F3N2O2. The molecule has 0 spiro atoms. The number of aromatic nitrogens is 1. The molecule has 1 aliphatic rings. The van der Waals surface area contributed by atoms with Crippen LogP contribution in [0.4, 0.5) is 18.9 Å². The van der Waals surface area contributed by atoms with Gasteiger partial charge in [-0.05, 0) is 36.4 Å². The predicted octanol–water partition coefficient (Wildman–Crippen LogP) is 5.40. The molecule has 28 heavy (non-hydrogen) atoms. The molecule has 1 heterocycles. The van der Waals surface area contributed by atoms with Gasteiger partial charge in [0, 0.05) is 48.1 Å². The minimum Gasteiger partial charge on any atom is -0.458 e. The molecule has 0 amide bonds. The van der Waals surface area contributed by atoms with Gasteiger partial charge in [0.2, 0.25) is 0 Å². The molecule has 0 saturated heterocycles. The van der Waals surface area contributed by atoms with Gasteiger partial charge in [0.25, 0.3) is 5.92 Å². The van der Waals surface area contributed by atoms with Crippen LogP contribution in [-0.2, 0) is 13.5 Å². The second kappa shape index (κ2) is 6.43. The average molecular weight is 384 g/mol. The molecule has 4 nitrogen and oxygen atoms in total. The summed E-state index contributed by atoms with van der Waals surface area (Å²) < 4.78 is 49.8. The van der Waals surface area contributed by atoms with E-state index >= 15 is 0 Å². The molecule has 1 N–H and O–H groups in total. The van der Waals surface area contributed by atoms with Crippen molar-refractivity contribution in [1.29, 1.82) is 0 Å². The van der Waals surface area contributed by atoms with Gasteiger partial charge in [0.05, 0.1) is 6.57 Å². The molecule has 2 aromatic carbocycles. The molecule has 142 valence electrons. The normalized spacial score (nSPS) is 17.2. The van der Waals surface area contributed by atoms with Gasteiger partial charge in [-0.2, -0.15) is 0 Å². The number of aryl methyl sites for hydroxylation is 1. The van der Waals surface area contributed by atoms with Gasteiger partial charge in [0.1, 0.15) is 23.4 Å². The minimum atomic E-state index is -3.34. The fourth-order valence-electron chi connectivity index (χ4n) is 3.54. The Kier molecular flexibility index (Phi) is 4.16. The number of ether oxygens (including phenoxy) is 1. The standard InChI is InChI=1S/C21H15F3N2O2/c1-25-13-8-12(22)9-14(10-13)28-18-6-5-15(17-4-3-7-26(17)2)19-16(18)11-21(23,24)20(19)27/h3-10,20,27H,11H2,2H3. The van der Waals surface area contributed by atoms with E-state index in [0.29, 0.717) is 11.3 Å². The summed E-state index contributed by atoms with van der Waals surface area (Å²) in [4.78, 5) is 3.17. The number of aliphatic hydroxyl groups is 1. The summed E-state index contributed by atoms with van der Waals surface area (Å²) in [6, 6.07) is 10.1. The highest BCUT2D eigenvalue weighted by Gasteiger charge is 2.49. The molecule has 0 bridgehead atoms. The van der Waals surface area contributed by atoms with Crippen molar-refractivity contribution in [3.63, 3.8) is 0 Å². The SMILES string of the molecule is [C-]#[N+]c1cc(F)cc(Oc2ccc(-c3cccn3C)c3c2CC(F)(F)C3O)c1. The number of alkyl halides is 2. The van der Waals surface area contributed by atoms with Gasteiger partial charge < -0.3 is 14.4 Å². The Balaban J connectivity index is 1.85. The Morgan fingerprint density at radius 3 is 2.71 bits per heavy atom. The van der Waals surface area contributed by atoms with E-state index in [9.17, 15) is 18.3 Å². The summed E-state index contributed by atoms with van der Waals surface area (Å²) in [6.45, 7) is 7.01. The van der Waals surface area contributed by atoms with Crippen molar-refractivity contribution >= 4 is 5.69 Å². The quantitative estimate of drug-likeness (QED) is 0.614. The lowest BCUT2D eigenvalue weighted by Crippen LogP contribution is -2.21. The number of fused-ring (bicyclic) bond motifs is 1. The summed E-state index contributed by atoms with van der Waals surface area (Å²) in [5, 5.41) is 10.3. The third kappa shape index (κ3) is 2.92. The summed E-state index contributed by atoms with van der Waals surface area (Å²) in [5.41, 5.74) is 1.48. The number of benzene rings is 2. The zero-order valence-electron chi connectivity index (χ0n) is 14.8. The first kappa shape index (κ1) is 18.1. The minimum absolute atomic E-state index is 0.0320. The average Bonchev–Trinajstić information content (AvgIpc) is 3.16. The first-order chi connectivity index (χ1) is 13.3. The zero-order chi connectivity index (χ0) is 20.1. The topological polar surface area (TPSA) is 38.8 Å². The Morgan fingerprint density at radius 1 is 1.25 bits per heavy atom. The lowest BCUT2D eigenvalue weighted by molar-refractivity contribution is -0.0967. The Labute approximate surface area is 159 Å². The number of aliphatic hydroxyl groups excluding tert-OH is 1. The van der Waals surface area contributed by atoms with Crippen LogP contribution in [0.15, 0.2) is 48.7 Å². The van der Waals surface area contributed by atoms with E-state index in [0.717, 1.165) is 12.1 Å². The van der Waals surface area contributed by atoms with Crippen LogP contribution in [0.2, 0.25) is 0 Å². The first-order valence-electron chi connectivity index (χ1n) is 8.49. The van der Waals surface area contributed by atoms with Crippen LogP contribution in [0.5, 0.6) is 11.5 Å². The summed E-state index contributed by atoms with van der Waals surface area (Å²) >= 11 is 0. The molecule has 1 aromatic heterocycles. The van der Waals surface area contributed by atoms with E-state index in [4.69, 9.17) is 11.3 Å². The number of hydrogen-bond acceptors (Lipinski definition) is 2. The van der Waals surface area contributed by atoms with Gasteiger partial charge >= 0.3 is 0 Å². The number of halogens is 3. The van der Waals surface area contributed by atoms with Crippen LogP contribution in [0.25, 0.3) is 16.1 Å². The maximum absolute atomic E-state index is 14.3. The van der Waals surface area contributed by atoms with Crippen molar-refractivity contribution in [2.75, 3.05) is 0 Å². The second-order valence-electron chi connectivity index (χ2n) is 6.71. The lowest BCUT2D eigenvalue weighted by atomic mass is 9.98. The van der Waals surface area contributed by atoms with Crippen molar-refractivity contribution in [2.24, 2.45) is 7.05 Å².